The number of carbonyl (C=O) groups is 1. The number of nitrogens with one attached hydrogen (secondary N) is 2. The van der Waals surface area contributed by atoms with Crippen LogP contribution < -0.4 is 15.5 Å². The number of Topliss-reactive ketones (excluding diaryl/α,β-unsaturated/α-hetero) is 1. The van der Waals surface area contributed by atoms with Gasteiger partial charge < -0.3 is 15.5 Å². The van der Waals surface area contributed by atoms with Crippen molar-refractivity contribution in [3.05, 3.63) is 53.6 Å². The smallest absolute Gasteiger partial charge is 0.258 e. The quantitative estimate of drug-likeness (QED) is 0.597. The molecule has 0 spiro atoms. The molecular weight excluding hydrogens is 429 g/mol. The fourth-order valence-electron chi connectivity index (χ4n) is 3.70. The van der Waals surface area contributed by atoms with Gasteiger partial charge in [-0.15, -0.1) is 5.10 Å². The zero-order chi connectivity index (χ0) is 21.7. The lowest BCUT2D eigenvalue weighted by Gasteiger charge is -2.25. The predicted octanol–water partition coefficient (Wildman–Crippen LogP) is 3.12. The number of aromatic nitrogens is 3. The Bertz CT molecular complexity index is 1210. The topological polar surface area (TPSA) is 74.6 Å². The van der Waals surface area contributed by atoms with E-state index in [9.17, 15) is 18.0 Å². The van der Waals surface area contributed by atoms with E-state index in [2.05, 4.69) is 20.7 Å². The van der Waals surface area contributed by atoms with Crippen molar-refractivity contribution in [2.45, 2.75) is 31.3 Å². The zero-order valence-electron chi connectivity index (χ0n) is 16.1. The Balaban J connectivity index is 1.51. The van der Waals surface area contributed by atoms with Crippen molar-refractivity contribution in [3.8, 4) is 0 Å². The van der Waals surface area contributed by atoms with Crippen molar-refractivity contribution in [1.82, 2.24) is 19.9 Å². The first kappa shape index (κ1) is 19.7. The van der Waals surface area contributed by atoms with E-state index in [1.54, 1.807) is 11.0 Å². The lowest BCUT2D eigenvalue weighted by atomic mass is 10.0. The van der Waals surface area contributed by atoms with E-state index in [0.29, 0.717) is 5.82 Å². The number of fused-ring (bicyclic) bond motifs is 1. The minimum Gasteiger partial charge on any atom is -0.360 e. The number of halogens is 3. The van der Waals surface area contributed by atoms with Crippen LogP contribution >= 0.6 is 12.2 Å². The van der Waals surface area contributed by atoms with Gasteiger partial charge in [-0.05, 0) is 49.3 Å². The number of anilines is 2. The first-order valence-electron chi connectivity index (χ1n) is 9.75. The summed E-state index contributed by atoms with van der Waals surface area (Å²) < 4.78 is 43.8. The summed E-state index contributed by atoms with van der Waals surface area (Å²) in [6.45, 7) is -0.0230. The van der Waals surface area contributed by atoms with Gasteiger partial charge in [-0.25, -0.2) is 18.3 Å². The Kier molecular flexibility index (Phi) is 4.77. The molecule has 1 aliphatic carbocycles. The van der Waals surface area contributed by atoms with Crippen molar-refractivity contribution < 1.29 is 18.0 Å². The molecule has 31 heavy (non-hydrogen) atoms. The van der Waals surface area contributed by atoms with E-state index in [1.807, 2.05) is 0 Å². The molecular formula is C20H17F3N6OS. The molecule has 0 radical (unpaired) electrons. The molecule has 2 aliphatic rings. The number of nitrogens with zero attached hydrogens (tertiary/aromatic N) is 4. The van der Waals surface area contributed by atoms with E-state index >= 15 is 0 Å². The lowest BCUT2D eigenvalue weighted by Crippen LogP contribution is -2.30. The van der Waals surface area contributed by atoms with Crippen LogP contribution in [0.4, 0.5) is 24.7 Å². The molecule has 0 amide bonds. The highest BCUT2D eigenvalue weighted by Crippen LogP contribution is 2.36. The number of hydrogen-bond acceptors (Lipinski definition) is 5. The predicted molar refractivity (Wildman–Crippen MR) is 111 cm³/mol. The minimum absolute atomic E-state index is 0.000917. The molecule has 11 heteroatoms. The Labute approximate surface area is 180 Å². The maximum Gasteiger partial charge on any atom is 0.258 e. The van der Waals surface area contributed by atoms with Gasteiger partial charge in [0.25, 0.3) is 5.95 Å². The summed E-state index contributed by atoms with van der Waals surface area (Å²) >= 11 is 5.22. The van der Waals surface area contributed by atoms with Crippen LogP contribution in [0.25, 0.3) is 5.65 Å². The van der Waals surface area contributed by atoms with Gasteiger partial charge in [0, 0.05) is 24.2 Å². The third-order valence-electron chi connectivity index (χ3n) is 5.33. The zero-order valence-corrected chi connectivity index (χ0v) is 16.9. The van der Waals surface area contributed by atoms with E-state index in [-0.39, 0.29) is 46.8 Å². The van der Waals surface area contributed by atoms with Crippen LogP contribution in [0, 0.1) is 17.6 Å². The SMILES string of the molecule is O=C1CC(c2cc(F)ccc2F)N(c2ccn3nc(F)c(NC(=S)NC4CC4)c3n2)C1. The monoisotopic (exact) mass is 446 g/mol. The molecule has 5 rings (SSSR count). The van der Waals surface area contributed by atoms with Gasteiger partial charge in [-0.2, -0.15) is 4.39 Å². The summed E-state index contributed by atoms with van der Waals surface area (Å²) in [6, 6.07) is 4.25. The summed E-state index contributed by atoms with van der Waals surface area (Å²) in [5.74, 6) is -1.81. The highest BCUT2D eigenvalue weighted by molar-refractivity contribution is 7.80. The van der Waals surface area contributed by atoms with E-state index < -0.39 is 23.6 Å². The average Bonchev–Trinajstić information content (AvgIpc) is 3.38. The Morgan fingerprint density at radius 2 is 2.00 bits per heavy atom. The lowest BCUT2D eigenvalue weighted by molar-refractivity contribution is -0.116. The molecule has 2 fully saturated rings. The number of benzene rings is 1. The van der Waals surface area contributed by atoms with Gasteiger partial charge in [0.2, 0.25) is 0 Å². The van der Waals surface area contributed by atoms with Crippen LogP contribution in [-0.2, 0) is 4.79 Å². The highest BCUT2D eigenvalue weighted by atomic mass is 32.1. The van der Waals surface area contributed by atoms with E-state index in [1.165, 1.54) is 10.7 Å². The molecule has 1 aliphatic heterocycles. The number of ketones is 1. The third kappa shape index (κ3) is 3.80. The number of rotatable bonds is 4. The molecule has 3 heterocycles. The second-order valence-corrected chi connectivity index (χ2v) is 8.05. The number of carbonyl (C=O) groups excluding carboxylic acids is 1. The molecule has 1 aromatic carbocycles. The largest absolute Gasteiger partial charge is 0.360 e. The summed E-state index contributed by atoms with van der Waals surface area (Å²) in [4.78, 5) is 18.2. The first-order chi connectivity index (χ1) is 14.9. The maximum atomic E-state index is 14.4. The van der Waals surface area contributed by atoms with E-state index in [4.69, 9.17) is 12.2 Å². The standard InChI is InChI=1S/C20H17F3N6OS/c21-10-1-4-14(22)13(7-10)15-8-12(30)9-28(15)16-5-6-29-19(25-16)17(18(23)27-29)26-20(31)24-11-2-3-11/h1,4-7,11,15H,2-3,8-9H2,(H2,24,26,31). The summed E-state index contributed by atoms with van der Waals surface area (Å²) in [5, 5.41) is 9.90. The summed E-state index contributed by atoms with van der Waals surface area (Å²) in [7, 11) is 0. The van der Waals surface area contributed by atoms with Crippen LogP contribution in [0.15, 0.2) is 30.5 Å². The molecule has 160 valence electrons. The third-order valence-corrected chi connectivity index (χ3v) is 5.55. The fourth-order valence-corrected chi connectivity index (χ4v) is 3.97. The van der Waals surface area contributed by atoms with Gasteiger partial charge in [0.15, 0.2) is 16.5 Å². The van der Waals surface area contributed by atoms with Crippen molar-refractivity contribution in [2.24, 2.45) is 0 Å². The Morgan fingerprint density at radius 3 is 2.77 bits per heavy atom. The first-order valence-corrected chi connectivity index (χ1v) is 10.2. The van der Waals surface area contributed by atoms with Crippen molar-refractivity contribution in [3.63, 3.8) is 0 Å². The summed E-state index contributed by atoms with van der Waals surface area (Å²) in [5.41, 5.74) is 0.229. The normalized spacial score (nSPS) is 18.6. The van der Waals surface area contributed by atoms with Crippen LogP contribution in [0.1, 0.15) is 30.9 Å². The second kappa shape index (κ2) is 7.49. The van der Waals surface area contributed by atoms with Gasteiger partial charge >= 0.3 is 0 Å². The van der Waals surface area contributed by atoms with Crippen molar-refractivity contribution in [1.29, 1.82) is 0 Å². The summed E-state index contributed by atoms with van der Waals surface area (Å²) in [6.07, 6.45) is 3.51. The fraction of sp³-hybridized carbons (Fsp3) is 0.300. The van der Waals surface area contributed by atoms with Gasteiger partial charge in [-0.1, -0.05) is 0 Å². The average molecular weight is 446 g/mol. The molecule has 7 nitrogen and oxygen atoms in total. The molecule has 2 aromatic heterocycles. The molecule has 2 N–H and O–H groups in total. The van der Waals surface area contributed by atoms with Crippen molar-refractivity contribution >= 4 is 40.3 Å². The van der Waals surface area contributed by atoms with Crippen LogP contribution in [-0.4, -0.2) is 38.1 Å². The molecule has 1 atom stereocenters. The Hall–Kier alpha value is -3.21. The van der Waals surface area contributed by atoms with Gasteiger partial charge in [0.1, 0.15) is 23.1 Å². The molecule has 1 saturated carbocycles. The highest BCUT2D eigenvalue weighted by Gasteiger charge is 2.35. The molecule has 1 unspecified atom stereocenters. The molecule has 3 aromatic rings. The molecule has 0 bridgehead atoms. The van der Waals surface area contributed by atoms with Crippen LogP contribution in [0.5, 0.6) is 0 Å². The number of hydrogen-bond donors (Lipinski definition) is 2. The minimum atomic E-state index is -0.783. The maximum absolute atomic E-state index is 14.4. The Morgan fingerprint density at radius 1 is 1.19 bits per heavy atom. The van der Waals surface area contributed by atoms with E-state index in [0.717, 1.165) is 31.0 Å². The van der Waals surface area contributed by atoms with Gasteiger partial charge in [0.05, 0.1) is 12.6 Å². The van der Waals surface area contributed by atoms with Crippen molar-refractivity contribution in [2.75, 3.05) is 16.8 Å². The van der Waals surface area contributed by atoms with Crippen LogP contribution in [0.2, 0.25) is 0 Å². The number of thiocarbonyl (C=S) groups is 1. The second-order valence-electron chi connectivity index (χ2n) is 7.64. The van der Waals surface area contributed by atoms with Gasteiger partial charge in [-0.3, -0.25) is 4.79 Å². The van der Waals surface area contributed by atoms with Crippen LogP contribution in [0.3, 0.4) is 0 Å². The molecule has 1 saturated heterocycles.